The predicted molar refractivity (Wildman–Crippen MR) is 85.7 cm³/mol. The number of hydrogen-bond donors (Lipinski definition) is 2. The molecule has 2 aromatic rings. The third-order valence-corrected chi connectivity index (χ3v) is 4.63. The maximum absolute atomic E-state index is 7.59. The van der Waals surface area contributed by atoms with E-state index in [0.717, 1.165) is 14.3 Å². The summed E-state index contributed by atoms with van der Waals surface area (Å²) in [5.41, 5.74) is 6.27. The molecular formula is C13H9BrCl2N2S. The summed E-state index contributed by atoms with van der Waals surface area (Å²) >= 11 is 16.8. The molecule has 0 atom stereocenters. The zero-order chi connectivity index (χ0) is 14.0. The highest BCUT2D eigenvalue weighted by molar-refractivity contribution is 9.10. The fraction of sp³-hybridized carbons (Fsp3) is 0. The van der Waals surface area contributed by atoms with E-state index in [-0.39, 0.29) is 5.84 Å². The Balaban J connectivity index is 2.39. The van der Waals surface area contributed by atoms with Gasteiger partial charge in [0.05, 0.1) is 10.0 Å². The van der Waals surface area contributed by atoms with Crippen LogP contribution in [0.2, 0.25) is 10.0 Å². The molecule has 0 heterocycles. The average Bonchev–Trinajstić information content (AvgIpc) is 2.33. The lowest BCUT2D eigenvalue weighted by molar-refractivity contribution is 1.32. The van der Waals surface area contributed by atoms with Crippen LogP contribution in [-0.4, -0.2) is 5.84 Å². The van der Waals surface area contributed by atoms with Gasteiger partial charge in [0.2, 0.25) is 0 Å². The van der Waals surface area contributed by atoms with Crippen molar-refractivity contribution in [2.75, 3.05) is 0 Å². The normalized spacial score (nSPS) is 10.5. The van der Waals surface area contributed by atoms with E-state index in [1.54, 1.807) is 12.1 Å². The number of nitrogens with one attached hydrogen (secondary N) is 1. The Bertz CT molecular complexity index is 647. The molecule has 19 heavy (non-hydrogen) atoms. The second kappa shape index (κ2) is 6.18. The summed E-state index contributed by atoms with van der Waals surface area (Å²) in [4.78, 5) is 1.83. The van der Waals surface area contributed by atoms with E-state index in [4.69, 9.17) is 34.3 Å². The van der Waals surface area contributed by atoms with Gasteiger partial charge in [0.25, 0.3) is 0 Å². The zero-order valence-corrected chi connectivity index (χ0v) is 13.5. The van der Waals surface area contributed by atoms with Crippen LogP contribution in [0.5, 0.6) is 0 Å². The predicted octanol–water partition coefficient (Wildman–Crippen LogP) is 5.19. The van der Waals surface area contributed by atoms with Gasteiger partial charge in [-0.1, -0.05) is 50.9 Å². The second-order valence-corrected chi connectivity index (χ2v) is 6.58. The minimum absolute atomic E-state index is 0.0371. The molecule has 0 radical (unpaired) electrons. The third kappa shape index (κ3) is 3.66. The van der Waals surface area contributed by atoms with Crippen LogP contribution in [0.15, 0.2) is 50.7 Å². The van der Waals surface area contributed by atoms with Crippen molar-refractivity contribution in [2.45, 2.75) is 9.79 Å². The van der Waals surface area contributed by atoms with Crippen molar-refractivity contribution in [3.8, 4) is 0 Å². The summed E-state index contributed by atoms with van der Waals surface area (Å²) in [5, 5.41) is 8.62. The van der Waals surface area contributed by atoms with E-state index < -0.39 is 0 Å². The Morgan fingerprint density at radius 2 is 1.84 bits per heavy atom. The summed E-state index contributed by atoms with van der Waals surface area (Å²) in [6.45, 7) is 0. The second-order valence-electron chi connectivity index (χ2n) is 3.73. The molecule has 0 aliphatic carbocycles. The molecule has 0 saturated heterocycles. The fourth-order valence-corrected chi connectivity index (χ4v) is 3.39. The molecule has 0 unspecified atom stereocenters. The van der Waals surface area contributed by atoms with E-state index in [1.165, 1.54) is 11.8 Å². The van der Waals surface area contributed by atoms with Gasteiger partial charge in [0, 0.05) is 19.8 Å². The monoisotopic (exact) mass is 374 g/mol. The molecule has 98 valence electrons. The molecule has 0 aliphatic heterocycles. The lowest BCUT2D eigenvalue weighted by Gasteiger charge is -2.09. The molecule has 0 bridgehead atoms. The Morgan fingerprint density at radius 3 is 2.47 bits per heavy atom. The highest BCUT2D eigenvalue weighted by Crippen LogP contribution is 2.35. The molecule has 6 heteroatoms. The van der Waals surface area contributed by atoms with Crippen LogP contribution in [0.1, 0.15) is 5.56 Å². The maximum atomic E-state index is 7.59. The Labute approximate surface area is 133 Å². The molecule has 3 N–H and O–H groups in total. The molecule has 0 aliphatic rings. The largest absolute Gasteiger partial charge is 0.384 e. The van der Waals surface area contributed by atoms with Crippen molar-refractivity contribution in [1.29, 1.82) is 5.41 Å². The third-order valence-electron chi connectivity index (χ3n) is 2.35. The van der Waals surface area contributed by atoms with E-state index in [1.807, 2.05) is 24.3 Å². The Morgan fingerprint density at radius 1 is 1.11 bits per heavy atom. The molecule has 0 saturated carbocycles. The Kier molecular flexibility index (Phi) is 4.79. The number of benzene rings is 2. The van der Waals surface area contributed by atoms with Crippen LogP contribution < -0.4 is 5.73 Å². The Hall–Kier alpha value is -0.680. The van der Waals surface area contributed by atoms with Crippen LogP contribution in [0.25, 0.3) is 0 Å². The molecule has 0 amide bonds. The van der Waals surface area contributed by atoms with Gasteiger partial charge in [-0.3, -0.25) is 5.41 Å². The van der Waals surface area contributed by atoms with Crippen molar-refractivity contribution < 1.29 is 0 Å². The van der Waals surface area contributed by atoms with Crippen molar-refractivity contribution in [3.05, 3.63) is 56.5 Å². The molecule has 2 aromatic carbocycles. The maximum Gasteiger partial charge on any atom is 0.123 e. The number of halogens is 3. The fourth-order valence-electron chi connectivity index (χ4n) is 1.47. The molecular weight excluding hydrogens is 367 g/mol. The average molecular weight is 376 g/mol. The molecule has 2 rings (SSSR count). The van der Waals surface area contributed by atoms with Gasteiger partial charge in [-0.25, -0.2) is 0 Å². The smallest absolute Gasteiger partial charge is 0.123 e. The summed E-state index contributed by atoms with van der Waals surface area (Å²) in [5.74, 6) is 0.0371. The lowest BCUT2D eigenvalue weighted by atomic mass is 10.2. The van der Waals surface area contributed by atoms with Crippen LogP contribution >= 0.6 is 50.9 Å². The summed E-state index contributed by atoms with van der Waals surface area (Å²) < 4.78 is 0.931. The highest BCUT2D eigenvalue weighted by Gasteiger charge is 2.09. The topological polar surface area (TPSA) is 49.9 Å². The van der Waals surface area contributed by atoms with Crippen molar-refractivity contribution >= 4 is 56.7 Å². The standard InChI is InChI=1S/C13H9BrCl2N2S/c14-7-1-3-9(13(17)18)12(5-7)19-8-2-4-10(15)11(16)6-8/h1-6H,(H3,17,18). The van der Waals surface area contributed by atoms with E-state index in [2.05, 4.69) is 15.9 Å². The number of rotatable bonds is 3. The summed E-state index contributed by atoms with van der Waals surface area (Å²) in [7, 11) is 0. The number of nitrogens with two attached hydrogens (primary N) is 1. The van der Waals surface area contributed by atoms with Gasteiger partial charge in [-0.15, -0.1) is 0 Å². The zero-order valence-electron chi connectivity index (χ0n) is 9.58. The van der Waals surface area contributed by atoms with Gasteiger partial charge in [0.1, 0.15) is 5.84 Å². The van der Waals surface area contributed by atoms with Crippen molar-refractivity contribution in [1.82, 2.24) is 0 Å². The minimum atomic E-state index is 0.0371. The molecule has 0 fully saturated rings. The first kappa shape index (κ1) is 14.7. The van der Waals surface area contributed by atoms with E-state index in [9.17, 15) is 0 Å². The number of hydrogen-bond acceptors (Lipinski definition) is 2. The van der Waals surface area contributed by atoms with E-state index in [0.29, 0.717) is 15.6 Å². The van der Waals surface area contributed by atoms with Gasteiger partial charge >= 0.3 is 0 Å². The first-order chi connectivity index (χ1) is 8.97. The molecule has 0 spiro atoms. The summed E-state index contributed by atoms with van der Waals surface area (Å²) in [6.07, 6.45) is 0. The van der Waals surface area contributed by atoms with E-state index >= 15 is 0 Å². The van der Waals surface area contributed by atoms with Gasteiger partial charge in [0.15, 0.2) is 0 Å². The van der Waals surface area contributed by atoms with Crippen LogP contribution in [0.3, 0.4) is 0 Å². The van der Waals surface area contributed by atoms with Crippen molar-refractivity contribution in [2.24, 2.45) is 5.73 Å². The van der Waals surface area contributed by atoms with Gasteiger partial charge in [-0.2, -0.15) is 0 Å². The van der Waals surface area contributed by atoms with Crippen molar-refractivity contribution in [3.63, 3.8) is 0 Å². The van der Waals surface area contributed by atoms with Gasteiger partial charge in [-0.05, 0) is 36.4 Å². The quantitative estimate of drug-likeness (QED) is 0.572. The number of nitrogen functional groups attached to an aromatic ring is 1. The lowest BCUT2D eigenvalue weighted by Crippen LogP contribution is -2.12. The first-order valence-corrected chi connectivity index (χ1v) is 7.61. The molecule has 2 nitrogen and oxygen atoms in total. The SMILES string of the molecule is N=C(N)c1ccc(Br)cc1Sc1ccc(Cl)c(Cl)c1. The first-order valence-electron chi connectivity index (χ1n) is 5.24. The van der Waals surface area contributed by atoms with Gasteiger partial charge < -0.3 is 5.73 Å². The minimum Gasteiger partial charge on any atom is -0.384 e. The number of amidine groups is 1. The molecule has 0 aromatic heterocycles. The van der Waals surface area contributed by atoms with Crippen LogP contribution in [0.4, 0.5) is 0 Å². The van der Waals surface area contributed by atoms with Crippen LogP contribution in [-0.2, 0) is 0 Å². The highest BCUT2D eigenvalue weighted by atomic mass is 79.9. The summed E-state index contributed by atoms with van der Waals surface area (Å²) in [6, 6.07) is 11.0. The van der Waals surface area contributed by atoms with Crippen LogP contribution in [0, 0.1) is 5.41 Å².